The van der Waals surface area contributed by atoms with Gasteiger partial charge in [0.15, 0.2) is 0 Å². The van der Waals surface area contributed by atoms with Crippen molar-refractivity contribution in [2.75, 3.05) is 18.1 Å². The van der Waals surface area contributed by atoms with Crippen molar-refractivity contribution in [2.45, 2.75) is 32.1 Å². The zero-order valence-corrected chi connectivity index (χ0v) is 11.8. The van der Waals surface area contributed by atoms with Crippen LogP contribution in [0, 0.1) is 16.7 Å². The molecular formula is C14H20N2S. The summed E-state index contributed by atoms with van der Waals surface area (Å²) in [5.41, 5.74) is 1.95. The van der Waals surface area contributed by atoms with Crippen molar-refractivity contribution in [1.29, 1.82) is 5.26 Å². The fraction of sp³-hybridized carbons (Fsp3) is 0.500. The van der Waals surface area contributed by atoms with Crippen molar-refractivity contribution in [1.82, 2.24) is 0 Å². The van der Waals surface area contributed by atoms with Gasteiger partial charge in [-0.3, -0.25) is 0 Å². The Kier molecular flexibility index (Phi) is 4.89. The molecule has 0 amide bonds. The van der Waals surface area contributed by atoms with Gasteiger partial charge >= 0.3 is 0 Å². The third kappa shape index (κ3) is 3.67. The minimum absolute atomic E-state index is 0.252. The topological polar surface area (TPSA) is 35.8 Å². The molecule has 92 valence electrons. The third-order valence-electron chi connectivity index (χ3n) is 3.07. The Morgan fingerprint density at radius 1 is 1.41 bits per heavy atom. The number of nitrogens with zero attached hydrogens (tertiary/aromatic N) is 1. The molecule has 0 unspecified atom stereocenters. The summed E-state index contributed by atoms with van der Waals surface area (Å²) >= 11 is 1.61. The Morgan fingerprint density at radius 3 is 2.65 bits per heavy atom. The van der Waals surface area contributed by atoms with Crippen LogP contribution in [0.3, 0.4) is 0 Å². The molecule has 17 heavy (non-hydrogen) atoms. The number of hydrogen-bond donors (Lipinski definition) is 1. The molecule has 1 aromatic carbocycles. The van der Waals surface area contributed by atoms with Gasteiger partial charge in [-0.2, -0.15) is 5.26 Å². The van der Waals surface area contributed by atoms with Crippen LogP contribution < -0.4 is 5.32 Å². The highest BCUT2D eigenvalue weighted by molar-refractivity contribution is 7.98. The summed E-state index contributed by atoms with van der Waals surface area (Å²) in [6.07, 6.45) is 3.11. The molecule has 0 aromatic heterocycles. The van der Waals surface area contributed by atoms with Crippen LogP contribution >= 0.6 is 11.8 Å². The molecule has 3 heteroatoms. The smallest absolute Gasteiger partial charge is 0.102 e. The average molecular weight is 248 g/mol. The first-order valence-electron chi connectivity index (χ1n) is 5.85. The van der Waals surface area contributed by atoms with Crippen LogP contribution in [0.4, 0.5) is 5.69 Å². The maximum Gasteiger partial charge on any atom is 0.102 e. The number of hydrogen-bond acceptors (Lipinski definition) is 3. The van der Waals surface area contributed by atoms with E-state index in [1.165, 1.54) is 0 Å². The van der Waals surface area contributed by atoms with Crippen LogP contribution in [0.2, 0.25) is 0 Å². The predicted octanol–water partition coefficient (Wildman–Crippen LogP) is 4.13. The van der Waals surface area contributed by atoms with E-state index in [4.69, 9.17) is 0 Å². The molecule has 2 nitrogen and oxygen atoms in total. The van der Waals surface area contributed by atoms with Gasteiger partial charge in [0.1, 0.15) is 6.07 Å². The van der Waals surface area contributed by atoms with Crippen LogP contribution in [0.1, 0.15) is 32.8 Å². The normalized spacial score (nSPS) is 11.0. The molecule has 1 N–H and O–H groups in total. The summed E-state index contributed by atoms with van der Waals surface area (Å²) in [5, 5.41) is 12.6. The van der Waals surface area contributed by atoms with Gasteiger partial charge in [0.2, 0.25) is 0 Å². The molecule has 0 saturated heterocycles. The van der Waals surface area contributed by atoms with Gasteiger partial charge in [-0.1, -0.05) is 26.8 Å². The molecule has 0 atom stereocenters. The molecule has 1 aromatic rings. The van der Waals surface area contributed by atoms with Crippen molar-refractivity contribution in [3.8, 4) is 6.07 Å². The van der Waals surface area contributed by atoms with E-state index in [0.29, 0.717) is 0 Å². The van der Waals surface area contributed by atoms with Gasteiger partial charge in [0.25, 0.3) is 0 Å². The summed E-state index contributed by atoms with van der Waals surface area (Å²) in [5.74, 6) is 0. The summed E-state index contributed by atoms with van der Waals surface area (Å²) in [6, 6.07) is 8.24. The van der Waals surface area contributed by atoms with E-state index >= 15 is 0 Å². The number of benzene rings is 1. The number of nitriles is 1. The second kappa shape index (κ2) is 5.97. The first-order chi connectivity index (χ1) is 8.04. The molecule has 0 spiro atoms. The zero-order chi connectivity index (χ0) is 12.9. The van der Waals surface area contributed by atoms with Gasteiger partial charge < -0.3 is 5.32 Å². The van der Waals surface area contributed by atoms with E-state index in [2.05, 4.69) is 32.2 Å². The van der Waals surface area contributed by atoms with Crippen LogP contribution in [0.5, 0.6) is 0 Å². The summed E-state index contributed by atoms with van der Waals surface area (Å²) in [4.78, 5) is 1.03. The predicted molar refractivity (Wildman–Crippen MR) is 75.5 cm³/mol. The van der Waals surface area contributed by atoms with E-state index in [9.17, 15) is 5.26 Å². The van der Waals surface area contributed by atoms with E-state index in [0.717, 1.165) is 29.1 Å². The van der Waals surface area contributed by atoms with Crippen molar-refractivity contribution in [2.24, 2.45) is 5.41 Å². The number of thioether (sulfide) groups is 1. The first kappa shape index (κ1) is 13.9. The lowest BCUT2D eigenvalue weighted by atomic mass is 9.90. The molecule has 0 aliphatic heterocycles. The summed E-state index contributed by atoms with van der Waals surface area (Å²) in [6.45, 7) is 7.52. The Hall–Kier alpha value is -1.14. The molecule has 0 radical (unpaired) electrons. The average Bonchev–Trinajstić information content (AvgIpc) is 2.35. The highest BCUT2D eigenvalue weighted by Crippen LogP contribution is 2.28. The van der Waals surface area contributed by atoms with Gasteiger partial charge in [-0.15, -0.1) is 11.8 Å². The fourth-order valence-corrected chi connectivity index (χ4v) is 2.00. The van der Waals surface area contributed by atoms with Crippen molar-refractivity contribution >= 4 is 17.4 Å². The van der Waals surface area contributed by atoms with E-state index in [1.807, 2.05) is 24.5 Å². The highest BCUT2D eigenvalue weighted by Gasteiger charge is 2.15. The Bertz CT molecular complexity index is 419. The van der Waals surface area contributed by atoms with Crippen LogP contribution in [0.25, 0.3) is 0 Å². The summed E-state index contributed by atoms with van der Waals surface area (Å²) < 4.78 is 0. The fourth-order valence-electron chi connectivity index (χ4n) is 1.42. The molecule has 0 saturated carbocycles. The van der Waals surface area contributed by atoms with Crippen LogP contribution in [-0.4, -0.2) is 12.8 Å². The van der Waals surface area contributed by atoms with Crippen molar-refractivity contribution < 1.29 is 0 Å². The molecule has 1 rings (SSSR count). The Balaban J connectivity index is 2.89. The summed E-state index contributed by atoms with van der Waals surface area (Å²) in [7, 11) is 0. The molecule has 0 bridgehead atoms. The monoisotopic (exact) mass is 248 g/mol. The lowest BCUT2D eigenvalue weighted by Crippen LogP contribution is -2.22. The quantitative estimate of drug-likeness (QED) is 0.796. The standard InChI is InChI=1S/C14H20N2S/c1-5-14(2,3)10-16-12-7-6-8-13(17-4)11(12)9-15/h6-8,16H,5,10H2,1-4H3. The number of nitrogens with one attached hydrogen (secondary N) is 1. The van der Waals surface area contributed by atoms with Crippen molar-refractivity contribution in [3.63, 3.8) is 0 Å². The molecular weight excluding hydrogens is 228 g/mol. The van der Waals surface area contributed by atoms with Gasteiger partial charge in [0.05, 0.1) is 11.3 Å². The lowest BCUT2D eigenvalue weighted by molar-refractivity contribution is 0.377. The third-order valence-corrected chi connectivity index (χ3v) is 3.85. The SMILES string of the molecule is CCC(C)(C)CNc1cccc(SC)c1C#N. The highest BCUT2D eigenvalue weighted by atomic mass is 32.2. The number of rotatable bonds is 5. The second-order valence-electron chi connectivity index (χ2n) is 4.87. The largest absolute Gasteiger partial charge is 0.383 e. The second-order valence-corrected chi connectivity index (χ2v) is 5.71. The Morgan fingerprint density at radius 2 is 2.12 bits per heavy atom. The van der Waals surface area contributed by atoms with E-state index < -0.39 is 0 Å². The maximum atomic E-state index is 9.21. The van der Waals surface area contributed by atoms with E-state index in [-0.39, 0.29) is 5.41 Å². The minimum Gasteiger partial charge on any atom is -0.383 e. The number of anilines is 1. The molecule has 0 heterocycles. The molecule has 0 aliphatic carbocycles. The van der Waals surface area contributed by atoms with Crippen LogP contribution in [-0.2, 0) is 0 Å². The minimum atomic E-state index is 0.252. The molecule has 0 fully saturated rings. The van der Waals surface area contributed by atoms with Crippen LogP contribution in [0.15, 0.2) is 23.1 Å². The molecule has 0 aliphatic rings. The van der Waals surface area contributed by atoms with E-state index in [1.54, 1.807) is 11.8 Å². The van der Waals surface area contributed by atoms with Gasteiger partial charge in [-0.25, -0.2) is 0 Å². The maximum absolute atomic E-state index is 9.21. The van der Waals surface area contributed by atoms with Gasteiger partial charge in [0, 0.05) is 11.4 Å². The van der Waals surface area contributed by atoms with Crippen molar-refractivity contribution in [3.05, 3.63) is 23.8 Å². The lowest BCUT2D eigenvalue weighted by Gasteiger charge is -2.24. The zero-order valence-electron chi connectivity index (χ0n) is 11.0. The Labute approximate surface area is 108 Å². The van der Waals surface area contributed by atoms with Gasteiger partial charge in [-0.05, 0) is 30.2 Å². The first-order valence-corrected chi connectivity index (χ1v) is 7.07.